The molecule has 9 nitrogen and oxygen atoms in total. The van der Waals surface area contributed by atoms with Crippen LogP contribution in [0.3, 0.4) is 0 Å². The zero-order chi connectivity index (χ0) is 13.3. The molecule has 100 valence electrons. The monoisotopic (exact) mass is 286 g/mol. The van der Waals surface area contributed by atoms with E-state index in [1.807, 2.05) is 0 Å². The van der Waals surface area contributed by atoms with Crippen molar-refractivity contribution in [1.29, 1.82) is 0 Å². The lowest BCUT2D eigenvalue weighted by Gasteiger charge is -2.27. The molecular formula is C6H15N4O5PS. The summed E-state index contributed by atoms with van der Waals surface area (Å²) in [6, 6.07) is -0.863. The Bertz CT molecular complexity index is 451. The van der Waals surface area contributed by atoms with Crippen LogP contribution >= 0.6 is 7.59 Å². The summed E-state index contributed by atoms with van der Waals surface area (Å²) in [4.78, 5) is 11.7. The van der Waals surface area contributed by atoms with Gasteiger partial charge in [-0.25, -0.2) is 0 Å². The minimum absolute atomic E-state index is 0.0306. The predicted octanol–water partition coefficient (Wildman–Crippen LogP) is -1.21. The SMILES string of the molecule is N[C@H]1CCCCN([P@@](N)(=O)NS(=O)(=O)O)C1=O. The van der Waals surface area contributed by atoms with E-state index in [9.17, 15) is 17.8 Å². The standard InChI is InChI=1S/C6H15N4O5PS/c7-5-3-1-2-4-10(6(5)11)16(8,12)9-17(13,14)15/h5H,1-4,7H2,(H3,8,9,12)(H,13,14,15)/t5-,16-/m0/s1. The molecule has 11 heteroatoms. The molecule has 0 aromatic carbocycles. The van der Waals surface area contributed by atoms with E-state index in [0.717, 1.165) is 0 Å². The number of carbonyl (C=O) groups is 1. The highest BCUT2D eigenvalue weighted by Gasteiger charge is 2.37. The van der Waals surface area contributed by atoms with Crippen molar-refractivity contribution in [3.63, 3.8) is 0 Å². The van der Waals surface area contributed by atoms with Crippen LogP contribution in [0.5, 0.6) is 0 Å². The molecule has 0 aromatic heterocycles. The smallest absolute Gasteiger partial charge is 0.320 e. The highest BCUT2D eigenvalue weighted by Crippen LogP contribution is 2.39. The number of rotatable bonds is 3. The van der Waals surface area contributed by atoms with E-state index in [4.69, 9.17) is 15.8 Å². The minimum atomic E-state index is -4.76. The molecule has 0 spiro atoms. The van der Waals surface area contributed by atoms with Gasteiger partial charge in [-0.1, -0.05) is 0 Å². The van der Waals surface area contributed by atoms with Crippen LogP contribution in [0.1, 0.15) is 19.3 Å². The average molecular weight is 286 g/mol. The third kappa shape index (κ3) is 4.02. The van der Waals surface area contributed by atoms with Gasteiger partial charge in [-0.05, 0) is 19.3 Å². The van der Waals surface area contributed by atoms with Crippen LogP contribution in [0.25, 0.3) is 0 Å². The zero-order valence-electron chi connectivity index (χ0n) is 8.94. The second kappa shape index (κ2) is 5.01. The predicted molar refractivity (Wildman–Crippen MR) is 60.0 cm³/mol. The fourth-order valence-electron chi connectivity index (χ4n) is 1.56. The molecule has 0 bridgehead atoms. The molecule has 6 N–H and O–H groups in total. The Balaban J connectivity index is 2.96. The van der Waals surface area contributed by atoms with Gasteiger partial charge >= 0.3 is 17.9 Å². The third-order valence-electron chi connectivity index (χ3n) is 2.31. The van der Waals surface area contributed by atoms with Gasteiger partial charge < -0.3 is 5.73 Å². The van der Waals surface area contributed by atoms with E-state index >= 15 is 0 Å². The molecule has 1 amide bonds. The van der Waals surface area contributed by atoms with Crippen LogP contribution in [-0.4, -0.2) is 36.1 Å². The van der Waals surface area contributed by atoms with Crippen LogP contribution in [0, 0.1) is 0 Å². The largest absolute Gasteiger partial charge is 0.341 e. The highest BCUT2D eigenvalue weighted by atomic mass is 32.2. The van der Waals surface area contributed by atoms with Gasteiger partial charge in [0.05, 0.1) is 6.04 Å². The molecule has 0 aromatic rings. The molecule has 0 saturated carbocycles. The number of carbonyl (C=O) groups excluding carboxylic acids is 1. The first-order valence-corrected chi connectivity index (χ1v) is 8.03. The Morgan fingerprint density at radius 2 is 2.06 bits per heavy atom. The van der Waals surface area contributed by atoms with Crippen molar-refractivity contribution < 1.29 is 22.3 Å². The van der Waals surface area contributed by atoms with Gasteiger partial charge in [0.1, 0.15) is 0 Å². The summed E-state index contributed by atoms with van der Waals surface area (Å²) in [6.07, 6.45) is 1.57. The molecular weight excluding hydrogens is 271 g/mol. The van der Waals surface area contributed by atoms with Gasteiger partial charge in [-0.3, -0.25) is 24.1 Å². The Kier molecular flexibility index (Phi) is 4.28. The lowest BCUT2D eigenvalue weighted by atomic mass is 10.1. The number of nitrogens with zero attached hydrogens (tertiary/aromatic N) is 1. The maximum atomic E-state index is 11.9. The van der Waals surface area contributed by atoms with Gasteiger partial charge in [-0.2, -0.15) is 8.42 Å². The normalized spacial score (nSPS) is 26.4. The Morgan fingerprint density at radius 3 is 2.59 bits per heavy atom. The fraction of sp³-hybridized carbons (Fsp3) is 0.833. The summed E-state index contributed by atoms with van der Waals surface area (Å²) < 4.78 is 43.6. The summed E-state index contributed by atoms with van der Waals surface area (Å²) in [5.74, 6) is -0.690. The maximum absolute atomic E-state index is 11.9. The van der Waals surface area contributed by atoms with Crippen LogP contribution < -0.4 is 15.7 Å². The molecule has 1 fully saturated rings. The highest BCUT2D eigenvalue weighted by molar-refractivity contribution is 7.90. The Morgan fingerprint density at radius 1 is 1.47 bits per heavy atom. The maximum Gasteiger partial charge on any atom is 0.341 e. The van der Waals surface area contributed by atoms with Crippen molar-refractivity contribution in [2.45, 2.75) is 25.3 Å². The number of nitrogens with one attached hydrogen (secondary N) is 1. The molecule has 0 radical (unpaired) electrons. The summed E-state index contributed by atoms with van der Waals surface area (Å²) in [6.45, 7) is 0.0306. The van der Waals surface area contributed by atoms with Crippen LogP contribution in [0.2, 0.25) is 0 Å². The molecule has 1 rings (SSSR count). The first-order chi connectivity index (χ1) is 7.63. The lowest BCUT2D eigenvalue weighted by Crippen LogP contribution is -2.45. The van der Waals surface area contributed by atoms with Crippen LogP contribution in [0.15, 0.2) is 0 Å². The molecule has 1 heterocycles. The fourth-order valence-corrected chi connectivity index (χ4v) is 4.16. The van der Waals surface area contributed by atoms with Crippen LogP contribution in [-0.2, 0) is 19.7 Å². The van der Waals surface area contributed by atoms with Gasteiger partial charge in [0.15, 0.2) is 0 Å². The van der Waals surface area contributed by atoms with Crippen LogP contribution in [0.4, 0.5) is 0 Å². The van der Waals surface area contributed by atoms with Gasteiger partial charge in [0.2, 0.25) is 5.91 Å². The quantitative estimate of drug-likeness (QED) is 0.374. The molecule has 17 heavy (non-hydrogen) atoms. The van der Waals surface area contributed by atoms with Crippen molar-refractivity contribution in [2.75, 3.05) is 6.54 Å². The summed E-state index contributed by atoms with van der Waals surface area (Å²) in [5.41, 5.74) is 10.8. The number of hydrogen-bond acceptors (Lipinski definition) is 5. The summed E-state index contributed by atoms with van der Waals surface area (Å²) in [7, 11) is -8.95. The number of hydrogen-bond donors (Lipinski definition) is 4. The first kappa shape index (κ1) is 14.6. The minimum Gasteiger partial charge on any atom is -0.320 e. The van der Waals surface area contributed by atoms with Crippen molar-refractivity contribution >= 4 is 23.8 Å². The van der Waals surface area contributed by atoms with E-state index in [-0.39, 0.29) is 6.54 Å². The number of nitrogens with two attached hydrogens (primary N) is 2. The van der Waals surface area contributed by atoms with Crippen molar-refractivity contribution in [1.82, 2.24) is 9.16 Å². The topological polar surface area (TPSA) is 156 Å². The number of amides is 1. The van der Waals surface area contributed by atoms with E-state index in [0.29, 0.717) is 23.9 Å². The molecule has 2 atom stereocenters. The zero-order valence-corrected chi connectivity index (χ0v) is 10.7. The van der Waals surface area contributed by atoms with Crippen molar-refractivity contribution in [3.05, 3.63) is 0 Å². The molecule has 1 aliphatic rings. The lowest BCUT2D eigenvalue weighted by molar-refractivity contribution is -0.127. The molecule has 0 aliphatic carbocycles. The van der Waals surface area contributed by atoms with E-state index in [1.165, 1.54) is 4.49 Å². The molecule has 0 unspecified atom stereocenters. The van der Waals surface area contributed by atoms with Gasteiger partial charge in [0.25, 0.3) is 0 Å². The van der Waals surface area contributed by atoms with Gasteiger partial charge in [-0.15, -0.1) is 4.49 Å². The van der Waals surface area contributed by atoms with E-state index < -0.39 is 29.8 Å². The first-order valence-electron chi connectivity index (χ1n) is 4.86. The van der Waals surface area contributed by atoms with E-state index in [2.05, 4.69) is 0 Å². The molecule has 1 saturated heterocycles. The van der Waals surface area contributed by atoms with Crippen molar-refractivity contribution in [2.24, 2.45) is 11.2 Å². The van der Waals surface area contributed by atoms with Gasteiger partial charge in [0, 0.05) is 6.54 Å². The second-order valence-corrected chi connectivity index (χ2v) is 7.16. The Hall–Kier alpha value is -0.510. The summed E-state index contributed by atoms with van der Waals surface area (Å²) >= 11 is 0. The Labute approximate surface area is 98.9 Å². The average Bonchev–Trinajstić information content (AvgIpc) is 2.26. The summed E-state index contributed by atoms with van der Waals surface area (Å²) in [5, 5.41) is 0. The second-order valence-electron chi connectivity index (χ2n) is 3.75. The third-order valence-corrected chi connectivity index (χ3v) is 5.40. The van der Waals surface area contributed by atoms with E-state index in [1.54, 1.807) is 0 Å². The van der Waals surface area contributed by atoms with Crippen molar-refractivity contribution in [3.8, 4) is 0 Å². The molecule has 1 aliphatic heterocycles.